The monoisotopic (exact) mass is 314 g/mol. The molecular weight excluding hydrogens is 303 g/mol. The number of Topliss-reactive ketones (excluding diaryl/α,β-unsaturated/α-hetero) is 1. The Hall–Kier alpha value is -2.47. The summed E-state index contributed by atoms with van der Waals surface area (Å²) >= 11 is 1.18. The molecule has 0 bridgehead atoms. The van der Waals surface area contributed by atoms with Gasteiger partial charge < -0.3 is 4.42 Å². The topological polar surface area (TPSA) is 56.0 Å². The third-order valence-corrected chi connectivity index (χ3v) is 3.74. The van der Waals surface area contributed by atoms with Gasteiger partial charge in [0.2, 0.25) is 5.89 Å². The van der Waals surface area contributed by atoms with Gasteiger partial charge in [0.15, 0.2) is 5.78 Å². The van der Waals surface area contributed by atoms with Crippen molar-refractivity contribution < 1.29 is 13.6 Å². The lowest BCUT2D eigenvalue weighted by Crippen LogP contribution is -2.01. The van der Waals surface area contributed by atoms with Crippen molar-refractivity contribution in [2.75, 3.05) is 5.75 Å². The molecule has 0 N–H and O–H groups in total. The molecule has 110 valence electrons. The van der Waals surface area contributed by atoms with Crippen molar-refractivity contribution in [2.45, 2.75) is 5.22 Å². The van der Waals surface area contributed by atoms with E-state index in [0.717, 1.165) is 0 Å². The number of ketones is 1. The molecule has 0 unspecified atom stereocenters. The minimum absolute atomic E-state index is 0.00729. The molecule has 0 aliphatic rings. The van der Waals surface area contributed by atoms with Crippen molar-refractivity contribution >= 4 is 17.5 Å². The van der Waals surface area contributed by atoms with Crippen LogP contribution in [0, 0.1) is 5.82 Å². The fourth-order valence-corrected chi connectivity index (χ4v) is 2.47. The minimum Gasteiger partial charge on any atom is -0.411 e. The maximum atomic E-state index is 12.9. The number of carbonyl (C=O) groups excluding carboxylic acids is 1. The van der Waals surface area contributed by atoms with E-state index in [9.17, 15) is 9.18 Å². The fourth-order valence-electron chi connectivity index (χ4n) is 1.81. The number of nitrogens with zero attached hydrogens (tertiary/aromatic N) is 2. The van der Waals surface area contributed by atoms with Crippen molar-refractivity contribution in [3.05, 3.63) is 66.0 Å². The first-order chi connectivity index (χ1) is 10.7. The van der Waals surface area contributed by atoms with Gasteiger partial charge in [-0.05, 0) is 24.3 Å². The van der Waals surface area contributed by atoms with E-state index in [1.165, 1.54) is 23.9 Å². The van der Waals surface area contributed by atoms with Gasteiger partial charge in [0, 0.05) is 11.1 Å². The zero-order valence-corrected chi connectivity index (χ0v) is 12.2. The van der Waals surface area contributed by atoms with Crippen LogP contribution in [-0.2, 0) is 0 Å². The minimum atomic E-state index is -0.327. The van der Waals surface area contributed by atoms with Gasteiger partial charge in [0.05, 0.1) is 5.75 Å². The highest BCUT2D eigenvalue weighted by Gasteiger charge is 2.12. The maximum absolute atomic E-state index is 12.9. The van der Waals surface area contributed by atoms with Gasteiger partial charge >= 0.3 is 0 Å². The van der Waals surface area contributed by atoms with E-state index in [2.05, 4.69) is 10.2 Å². The zero-order chi connectivity index (χ0) is 15.4. The quantitative estimate of drug-likeness (QED) is 0.529. The summed E-state index contributed by atoms with van der Waals surface area (Å²) in [6, 6.07) is 14.8. The maximum Gasteiger partial charge on any atom is 0.277 e. The summed E-state index contributed by atoms with van der Waals surface area (Å²) in [5.41, 5.74) is 1.28. The molecule has 0 amide bonds. The van der Waals surface area contributed by atoms with E-state index in [-0.39, 0.29) is 17.4 Å². The Morgan fingerprint density at radius 2 is 1.77 bits per heavy atom. The molecule has 0 aliphatic heterocycles. The molecule has 0 saturated carbocycles. The Morgan fingerprint density at radius 3 is 2.50 bits per heavy atom. The Labute approximate surface area is 130 Å². The molecular formula is C16H11FN2O2S. The van der Waals surface area contributed by atoms with Crippen molar-refractivity contribution in [1.29, 1.82) is 0 Å². The SMILES string of the molecule is O=C(CSc1nnc(-c2ccc(F)cc2)o1)c1ccccc1. The van der Waals surface area contributed by atoms with Crippen LogP contribution in [0.4, 0.5) is 4.39 Å². The summed E-state index contributed by atoms with van der Waals surface area (Å²) in [5, 5.41) is 8.09. The summed E-state index contributed by atoms with van der Waals surface area (Å²) < 4.78 is 18.3. The van der Waals surface area contributed by atoms with Crippen LogP contribution >= 0.6 is 11.8 Å². The number of hydrogen-bond acceptors (Lipinski definition) is 5. The number of benzene rings is 2. The summed E-state index contributed by atoms with van der Waals surface area (Å²) in [4.78, 5) is 12.0. The van der Waals surface area contributed by atoms with Crippen molar-refractivity contribution in [3.63, 3.8) is 0 Å². The van der Waals surface area contributed by atoms with E-state index in [0.29, 0.717) is 22.2 Å². The summed E-state index contributed by atoms with van der Waals surface area (Å²) in [5.74, 6) is 0.183. The van der Waals surface area contributed by atoms with E-state index >= 15 is 0 Å². The van der Waals surface area contributed by atoms with Crippen LogP contribution in [0.3, 0.4) is 0 Å². The van der Waals surface area contributed by atoms with E-state index < -0.39 is 0 Å². The van der Waals surface area contributed by atoms with Gasteiger partial charge in [-0.25, -0.2) is 4.39 Å². The third kappa shape index (κ3) is 3.40. The number of thioether (sulfide) groups is 1. The highest BCUT2D eigenvalue weighted by Crippen LogP contribution is 2.23. The van der Waals surface area contributed by atoms with Crippen molar-refractivity contribution in [2.24, 2.45) is 0 Å². The molecule has 3 rings (SSSR count). The molecule has 0 atom stereocenters. The molecule has 0 fully saturated rings. The second-order valence-electron chi connectivity index (χ2n) is 4.46. The highest BCUT2D eigenvalue weighted by molar-refractivity contribution is 7.99. The van der Waals surface area contributed by atoms with Crippen LogP contribution in [0.2, 0.25) is 0 Å². The normalized spacial score (nSPS) is 10.6. The standard InChI is InChI=1S/C16H11FN2O2S/c17-13-8-6-12(7-9-13)15-18-19-16(21-15)22-10-14(20)11-4-2-1-3-5-11/h1-9H,10H2. The molecule has 0 spiro atoms. The molecule has 6 heteroatoms. The summed E-state index contributed by atoms with van der Waals surface area (Å²) in [7, 11) is 0. The third-order valence-electron chi connectivity index (χ3n) is 2.92. The van der Waals surface area contributed by atoms with E-state index in [1.807, 2.05) is 18.2 Å². The van der Waals surface area contributed by atoms with Gasteiger partial charge in [-0.3, -0.25) is 4.79 Å². The first-order valence-corrected chi connectivity index (χ1v) is 7.51. The Bertz CT molecular complexity index is 772. The average molecular weight is 314 g/mol. The van der Waals surface area contributed by atoms with Gasteiger partial charge in [0.1, 0.15) is 5.82 Å². The molecule has 0 radical (unpaired) electrons. The first-order valence-electron chi connectivity index (χ1n) is 6.53. The van der Waals surface area contributed by atoms with Crippen LogP contribution in [-0.4, -0.2) is 21.7 Å². The lowest BCUT2D eigenvalue weighted by Gasteiger charge is -1.97. The van der Waals surface area contributed by atoms with Crippen LogP contribution in [0.5, 0.6) is 0 Å². The highest BCUT2D eigenvalue weighted by atomic mass is 32.2. The molecule has 1 aromatic heterocycles. The lowest BCUT2D eigenvalue weighted by atomic mass is 10.2. The molecule has 1 heterocycles. The Kier molecular flexibility index (Phi) is 4.29. The number of aromatic nitrogens is 2. The second-order valence-corrected chi connectivity index (χ2v) is 5.38. The number of rotatable bonds is 5. The number of carbonyl (C=O) groups is 1. The van der Waals surface area contributed by atoms with Crippen LogP contribution in [0.15, 0.2) is 64.2 Å². The summed E-state index contributed by atoms with van der Waals surface area (Å²) in [6.07, 6.45) is 0. The fraction of sp³-hybridized carbons (Fsp3) is 0.0625. The molecule has 0 saturated heterocycles. The summed E-state index contributed by atoms with van der Waals surface area (Å²) in [6.45, 7) is 0. The van der Waals surface area contributed by atoms with E-state index in [1.54, 1.807) is 24.3 Å². The van der Waals surface area contributed by atoms with Gasteiger partial charge in [-0.15, -0.1) is 10.2 Å². The average Bonchev–Trinajstić information content (AvgIpc) is 3.03. The predicted molar refractivity (Wildman–Crippen MR) is 81.2 cm³/mol. The molecule has 2 aromatic carbocycles. The smallest absolute Gasteiger partial charge is 0.277 e. The second kappa shape index (κ2) is 6.53. The molecule has 3 aromatic rings. The molecule has 4 nitrogen and oxygen atoms in total. The van der Waals surface area contributed by atoms with Gasteiger partial charge in [-0.2, -0.15) is 0 Å². The van der Waals surface area contributed by atoms with Gasteiger partial charge in [-0.1, -0.05) is 42.1 Å². The van der Waals surface area contributed by atoms with Crippen LogP contribution < -0.4 is 0 Å². The lowest BCUT2D eigenvalue weighted by molar-refractivity contribution is 0.102. The largest absolute Gasteiger partial charge is 0.411 e. The van der Waals surface area contributed by atoms with E-state index in [4.69, 9.17) is 4.42 Å². The van der Waals surface area contributed by atoms with Gasteiger partial charge in [0.25, 0.3) is 5.22 Å². The number of hydrogen-bond donors (Lipinski definition) is 0. The van der Waals surface area contributed by atoms with Crippen LogP contribution in [0.1, 0.15) is 10.4 Å². The molecule has 22 heavy (non-hydrogen) atoms. The van der Waals surface area contributed by atoms with Crippen LogP contribution in [0.25, 0.3) is 11.5 Å². The Morgan fingerprint density at radius 1 is 1.05 bits per heavy atom. The zero-order valence-electron chi connectivity index (χ0n) is 11.4. The number of halogens is 1. The van der Waals surface area contributed by atoms with Crippen molar-refractivity contribution in [3.8, 4) is 11.5 Å². The Balaban J connectivity index is 1.65. The van der Waals surface area contributed by atoms with Crippen molar-refractivity contribution in [1.82, 2.24) is 10.2 Å². The first kappa shape index (κ1) is 14.5. The molecule has 0 aliphatic carbocycles. The predicted octanol–water partition coefficient (Wildman–Crippen LogP) is 3.85.